The van der Waals surface area contributed by atoms with Crippen molar-refractivity contribution in [3.8, 4) is 17.2 Å². The van der Waals surface area contributed by atoms with E-state index in [0.29, 0.717) is 31.2 Å². The van der Waals surface area contributed by atoms with Crippen molar-refractivity contribution in [2.75, 3.05) is 25.6 Å². The molecule has 3 aromatic rings. The summed E-state index contributed by atoms with van der Waals surface area (Å²) in [5.74, 6) is 1.99. The van der Waals surface area contributed by atoms with Gasteiger partial charge < -0.3 is 19.5 Å². The summed E-state index contributed by atoms with van der Waals surface area (Å²) in [6.45, 7) is 5.56. The minimum Gasteiger partial charge on any atom is -0.497 e. The molecule has 0 radical (unpaired) electrons. The highest BCUT2D eigenvalue weighted by molar-refractivity contribution is 6.01. The number of aromatic nitrogens is 2. The first-order valence-corrected chi connectivity index (χ1v) is 10.1. The first-order valence-electron chi connectivity index (χ1n) is 10.1. The van der Waals surface area contributed by atoms with Crippen LogP contribution < -0.4 is 19.5 Å². The van der Waals surface area contributed by atoms with E-state index >= 15 is 0 Å². The molecule has 0 saturated carbocycles. The number of rotatable bonds is 10. The molecule has 0 saturated heterocycles. The minimum absolute atomic E-state index is 0.227. The summed E-state index contributed by atoms with van der Waals surface area (Å²) in [7, 11) is 1.62. The summed E-state index contributed by atoms with van der Waals surface area (Å²) in [5.41, 5.74) is 2.56. The number of carbonyl (C=O) groups is 1. The van der Waals surface area contributed by atoms with Crippen LogP contribution in [0.15, 0.2) is 60.9 Å². The number of nitrogens with one attached hydrogen (secondary N) is 1. The molecule has 0 aliphatic rings. The Morgan fingerprint density at radius 1 is 1.06 bits per heavy atom. The molecule has 31 heavy (non-hydrogen) atoms. The quantitative estimate of drug-likeness (QED) is 0.492. The highest BCUT2D eigenvalue weighted by Crippen LogP contribution is 2.29. The fourth-order valence-electron chi connectivity index (χ4n) is 2.97. The van der Waals surface area contributed by atoms with E-state index in [2.05, 4.69) is 10.4 Å². The fourth-order valence-corrected chi connectivity index (χ4v) is 2.97. The van der Waals surface area contributed by atoms with E-state index in [1.54, 1.807) is 30.3 Å². The van der Waals surface area contributed by atoms with E-state index in [1.165, 1.54) is 6.08 Å². The number of carbonyl (C=O) groups excluding carboxylic acids is 1. The summed E-state index contributed by atoms with van der Waals surface area (Å²) in [6, 6.07) is 13.3. The Morgan fingerprint density at radius 2 is 1.81 bits per heavy atom. The molecule has 0 spiro atoms. The van der Waals surface area contributed by atoms with E-state index < -0.39 is 0 Å². The van der Waals surface area contributed by atoms with Gasteiger partial charge in [-0.15, -0.1) is 0 Å². The maximum Gasteiger partial charge on any atom is 0.248 e. The molecule has 0 aliphatic heterocycles. The third-order valence-electron chi connectivity index (χ3n) is 4.40. The highest BCUT2D eigenvalue weighted by Gasteiger charge is 2.08. The lowest BCUT2D eigenvalue weighted by Gasteiger charge is -2.12. The average Bonchev–Trinajstić information content (AvgIpc) is 3.21. The Hall–Kier alpha value is -3.74. The van der Waals surface area contributed by atoms with Crippen molar-refractivity contribution in [3.05, 3.63) is 72.1 Å². The van der Waals surface area contributed by atoms with Gasteiger partial charge >= 0.3 is 0 Å². The van der Waals surface area contributed by atoms with Gasteiger partial charge in [0.15, 0.2) is 11.5 Å². The molecule has 1 heterocycles. The first kappa shape index (κ1) is 22.0. The van der Waals surface area contributed by atoms with Crippen LogP contribution in [0.2, 0.25) is 0 Å². The van der Waals surface area contributed by atoms with Gasteiger partial charge in [0.2, 0.25) is 5.91 Å². The highest BCUT2D eigenvalue weighted by atomic mass is 16.5. The van der Waals surface area contributed by atoms with Gasteiger partial charge in [0.25, 0.3) is 0 Å². The van der Waals surface area contributed by atoms with E-state index in [1.807, 2.05) is 56.3 Å². The molecular formula is C24H27N3O4. The Labute approximate surface area is 182 Å². The van der Waals surface area contributed by atoms with Crippen molar-refractivity contribution in [3.63, 3.8) is 0 Å². The maximum atomic E-state index is 12.2. The molecule has 0 aliphatic carbocycles. The molecule has 1 N–H and O–H groups in total. The van der Waals surface area contributed by atoms with Crippen LogP contribution in [-0.4, -0.2) is 36.0 Å². The molecule has 7 nitrogen and oxygen atoms in total. The zero-order valence-corrected chi connectivity index (χ0v) is 18.0. The van der Waals surface area contributed by atoms with Crippen molar-refractivity contribution in [1.29, 1.82) is 0 Å². The monoisotopic (exact) mass is 421 g/mol. The number of benzene rings is 2. The van der Waals surface area contributed by atoms with Crippen molar-refractivity contribution in [1.82, 2.24) is 9.78 Å². The van der Waals surface area contributed by atoms with E-state index in [-0.39, 0.29) is 5.91 Å². The third-order valence-corrected chi connectivity index (χ3v) is 4.40. The molecule has 162 valence electrons. The number of nitrogens with zero attached hydrogens (tertiary/aromatic N) is 2. The van der Waals surface area contributed by atoms with E-state index in [9.17, 15) is 4.79 Å². The van der Waals surface area contributed by atoms with Gasteiger partial charge in [-0.25, -0.2) is 0 Å². The summed E-state index contributed by atoms with van der Waals surface area (Å²) >= 11 is 0. The zero-order valence-electron chi connectivity index (χ0n) is 18.0. The van der Waals surface area contributed by atoms with Crippen LogP contribution >= 0.6 is 0 Å². The molecule has 0 bridgehead atoms. The summed E-state index contributed by atoms with van der Waals surface area (Å²) < 4.78 is 18.2. The molecule has 1 amide bonds. The summed E-state index contributed by atoms with van der Waals surface area (Å²) in [6.07, 6.45) is 6.64. The van der Waals surface area contributed by atoms with E-state index in [0.717, 1.165) is 22.6 Å². The average molecular weight is 421 g/mol. The number of hydrogen-bond acceptors (Lipinski definition) is 5. The lowest BCUT2D eigenvalue weighted by Crippen LogP contribution is -2.07. The largest absolute Gasteiger partial charge is 0.497 e. The van der Waals surface area contributed by atoms with Crippen molar-refractivity contribution >= 4 is 17.7 Å². The van der Waals surface area contributed by atoms with Crippen molar-refractivity contribution in [2.24, 2.45) is 0 Å². The number of methoxy groups -OCH3 is 1. The Morgan fingerprint density at radius 3 is 2.52 bits per heavy atom. The molecule has 2 aromatic carbocycles. The van der Waals surface area contributed by atoms with Gasteiger partial charge in [0.05, 0.1) is 38.8 Å². The molecular weight excluding hydrogens is 394 g/mol. The smallest absolute Gasteiger partial charge is 0.248 e. The fraction of sp³-hybridized carbons (Fsp3) is 0.250. The molecule has 7 heteroatoms. The zero-order chi connectivity index (χ0) is 22.1. The predicted molar refractivity (Wildman–Crippen MR) is 121 cm³/mol. The second-order valence-corrected chi connectivity index (χ2v) is 6.67. The standard InChI is InChI=1S/C24H27N3O4/c1-4-30-22-12-8-19(14-23(22)31-5-2)16-27-17-20(15-25-27)26-24(28)13-9-18-6-10-21(29-3)11-7-18/h6-15,17H,4-5,16H2,1-3H3,(H,26,28)/b13-9+. The molecule has 1 aromatic heterocycles. The number of hydrogen-bond donors (Lipinski definition) is 1. The van der Waals surface area contributed by atoms with Gasteiger partial charge in [0, 0.05) is 12.3 Å². The lowest BCUT2D eigenvalue weighted by molar-refractivity contribution is -0.111. The minimum atomic E-state index is -0.227. The molecule has 0 atom stereocenters. The lowest BCUT2D eigenvalue weighted by atomic mass is 10.2. The normalized spacial score (nSPS) is 10.8. The SMILES string of the molecule is CCOc1ccc(Cn2cc(NC(=O)/C=C/c3ccc(OC)cc3)cn2)cc1OCC. The van der Waals surface area contributed by atoms with Gasteiger partial charge in [-0.2, -0.15) is 5.10 Å². The van der Waals surface area contributed by atoms with Crippen molar-refractivity contribution in [2.45, 2.75) is 20.4 Å². The van der Waals surface area contributed by atoms with Crippen LogP contribution in [0.3, 0.4) is 0 Å². The second kappa shape index (κ2) is 10.9. The molecule has 0 unspecified atom stereocenters. The van der Waals surface area contributed by atoms with Crippen LogP contribution in [-0.2, 0) is 11.3 Å². The first-order chi connectivity index (χ1) is 15.1. The predicted octanol–water partition coefficient (Wildman–Crippen LogP) is 4.39. The maximum absolute atomic E-state index is 12.2. The Bertz CT molecular complexity index is 1030. The Kier molecular flexibility index (Phi) is 7.70. The summed E-state index contributed by atoms with van der Waals surface area (Å²) in [4.78, 5) is 12.2. The van der Waals surface area contributed by atoms with Crippen LogP contribution in [0.4, 0.5) is 5.69 Å². The number of amides is 1. The Balaban J connectivity index is 1.60. The van der Waals surface area contributed by atoms with Crippen LogP contribution in [0.25, 0.3) is 6.08 Å². The van der Waals surface area contributed by atoms with Gasteiger partial charge in [-0.3, -0.25) is 9.48 Å². The number of anilines is 1. The summed E-state index contributed by atoms with van der Waals surface area (Å²) in [5, 5.41) is 7.15. The topological polar surface area (TPSA) is 74.6 Å². The van der Waals surface area contributed by atoms with Crippen LogP contribution in [0, 0.1) is 0 Å². The van der Waals surface area contributed by atoms with Gasteiger partial charge in [0.1, 0.15) is 5.75 Å². The molecule has 3 rings (SSSR count). The van der Waals surface area contributed by atoms with Gasteiger partial charge in [-0.05, 0) is 55.3 Å². The second-order valence-electron chi connectivity index (χ2n) is 6.67. The van der Waals surface area contributed by atoms with Crippen LogP contribution in [0.1, 0.15) is 25.0 Å². The molecule has 0 fully saturated rings. The van der Waals surface area contributed by atoms with E-state index in [4.69, 9.17) is 14.2 Å². The van der Waals surface area contributed by atoms with Gasteiger partial charge in [-0.1, -0.05) is 18.2 Å². The number of ether oxygens (including phenoxy) is 3. The van der Waals surface area contributed by atoms with Crippen molar-refractivity contribution < 1.29 is 19.0 Å². The third kappa shape index (κ3) is 6.37. The van der Waals surface area contributed by atoms with Crippen LogP contribution in [0.5, 0.6) is 17.2 Å².